The van der Waals surface area contributed by atoms with E-state index in [0.717, 1.165) is 0 Å². The van der Waals surface area contributed by atoms with Crippen LogP contribution in [0.15, 0.2) is 182 Å². The molecule has 52 heteroatoms. The van der Waals surface area contributed by atoms with Gasteiger partial charge in [0.2, 0.25) is 0 Å². The van der Waals surface area contributed by atoms with E-state index in [1.54, 1.807) is 72.8 Å². The smallest absolute Gasteiger partial charge is 1.00 e. The Morgan fingerprint density at radius 3 is 0.278 bits per heavy atom. The van der Waals surface area contributed by atoms with Gasteiger partial charge in [0, 0.05) is 211 Å². The van der Waals surface area contributed by atoms with E-state index >= 15 is 0 Å². The predicted octanol–water partition coefficient (Wildman–Crippen LogP) is 15.5. The zero-order chi connectivity index (χ0) is 60.9. The first-order valence-corrected chi connectivity index (χ1v) is 30.5. The van der Waals surface area contributed by atoms with Crippen molar-refractivity contribution in [1.82, 2.24) is 0 Å². The van der Waals surface area contributed by atoms with Crippen molar-refractivity contribution >= 4 is 0 Å². The second kappa shape index (κ2) is 237. The van der Waals surface area contributed by atoms with Gasteiger partial charge in [0.25, 0.3) is 0 Å². The summed E-state index contributed by atoms with van der Waals surface area (Å²) in [5, 5.41) is 49.7. The summed E-state index contributed by atoms with van der Waals surface area (Å²) in [6, 6.07) is 67.0. The molecule has 0 atom stereocenters. The van der Waals surface area contributed by atoms with Gasteiger partial charge in [-0.2, -0.15) is 31.6 Å². The minimum absolute atomic E-state index is 0. The molecule has 0 fully saturated rings. The number of nitrogens with zero attached hydrogens (tertiary/aromatic N) is 8. The van der Waals surface area contributed by atoms with Crippen LogP contribution in [0, 0.1) is 68.0 Å². The minimum Gasteiger partial charge on any atom is -2.00 e. The van der Waals surface area contributed by atoms with Crippen LogP contribution in [-0.2, 0) is 431 Å². The van der Waals surface area contributed by atoms with Crippen LogP contribution in [0.3, 0.4) is 0 Å². The number of benzene rings is 6. The van der Waals surface area contributed by atoms with E-state index < -0.39 is 0 Å². The molecule has 0 aliphatic rings. The molecule has 126 heavy (non-hydrogen) atoms. The van der Waals surface area contributed by atoms with Crippen molar-refractivity contribution in [2.24, 2.45) is 0 Å². The molecule has 0 unspecified atom stereocenters. The van der Waals surface area contributed by atoms with E-state index in [0.29, 0.717) is 33.4 Å². The summed E-state index contributed by atoms with van der Waals surface area (Å²) in [5.74, 6) is 0. The van der Waals surface area contributed by atoms with Gasteiger partial charge in [-0.05, 0) is 124 Å². The maximum atomic E-state index is 8.29. The third-order valence-corrected chi connectivity index (χ3v) is 13.3. The molecule has 6 rings (SSSR count). The van der Waals surface area contributed by atoms with Gasteiger partial charge >= 0.3 is 44.8 Å². The molecular formula is C74H102Ag2N8O32W10-60. The first kappa shape index (κ1) is 308. The zero-order valence-corrected chi connectivity index (χ0v) is 102. The second-order valence-electron chi connectivity index (χ2n) is 20.2. The molecule has 0 spiro atoms. The normalized spacial score (nSPS) is 6.24. The standard InChI is InChI=1S/2C16H36N.6C7H5N.2Ag.32O.10W/c2*1-5-9-13-17(14-10-6-2,15-11-7-3)16-12-8-4;6*8-6-7-4-2-1-3-5-7;;;;;;;;;;;;;;;;;;;;;;;;;;;;;;;;;;;;;;;;;;;;/h2*5-16H2,1-4H3;6*1-5H;;;;;;;;;;;;;;;;;;;;;;;;;;;;;;;;;;;;;;;;;;;;/q2*+1;;;;;;;2*+1;32*-2;;;;;;;;;;. The van der Waals surface area contributed by atoms with Crippen LogP contribution in [-0.4, -0.2) is 61.3 Å². The van der Waals surface area contributed by atoms with Crippen LogP contribution in [0.2, 0.25) is 0 Å². The van der Waals surface area contributed by atoms with Gasteiger partial charge in [0.15, 0.2) is 0 Å². The first-order valence-electron chi connectivity index (χ1n) is 30.5. The molecule has 0 radical (unpaired) electrons. The van der Waals surface area contributed by atoms with E-state index in [-0.39, 0.29) is 431 Å². The molecule has 0 saturated carbocycles. The fraction of sp³-hybridized carbons (Fsp3) is 0.432. The number of rotatable bonds is 24. The topological polar surface area (TPSA) is 1050 Å². The molecule has 0 saturated heterocycles. The van der Waals surface area contributed by atoms with Crippen LogP contribution in [0.25, 0.3) is 0 Å². The van der Waals surface area contributed by atoms with Crippen LogP contribution in [0.5, 0.6) is 0 Å². The van der Waals surface area contributed by atoms with Crippen molar-refractivity contribution in [3.63, 3.8) is 0 Å². The number of quaternary nitrogens is 2. The van der Waals surface area contributed by atoms with Crippen LogP contribution < -0.4 is 0 Å². The van der Waals surface area contributed by atoms with Crippen LogP contribution in [0.4, 0.5) is 0 Å². The molecule has 0 heterocycles. The summed E-state index contributed by atoms with van der Waals surface area (Å²) >= 11 is 0. The molecule has 6 aromatic rings. The Balaban J connectivity index is -0.0000000127. The summed E-state index contributed by atoms with van der Waals surface area (Å²) in [6.45, 7) is 30.0. The third kappa shape index (κ3) is 187. The Morgan fingerprint density at radius 2 is 0.230 bits per heavy atom. The van der Waals surface area contributed by atoms with E-state index in [9.17, 15) is 0 Å². The Kier molecular flexibility index (Phi) is 579. The molecule has 0 amide bonds. The number of hydrogen-bond donors (Lipinski definition) is 0. The van der Waals surface area contributed by atoms with Crippen molar-refractivity contribution in [2.45, 2.75) is 158 Å². The van der Waals surface area contributed by atoms with Gasteiger partial charge < -0.3 is 184 Å². The molecule has 6 aromatic carbocycles. The Hall–Kier alpha value is -0.736. The second-order valence-corrected chi connectivity index (χ2v) is 20.2. The van der Waals surface area contributed by atoms with Gasteiger partial charge in [-0.15, -0.1) is 0 Å². The van der Waals surface area contributed by atoms with Crippen molar-refractivity contribution < 1.29 is 440 Å². The van der Waals surface area contributed by atoms with Gasteiger partial charge in [-0.3, -0.25) is 0 Å². The maximum absolute atomic E-state index is 8.29. The summed E-state index contributed by atoms with van der Waals surface area (Å²) in [5.41, 5.74) is 4.29. The van der Waals surface area contributed by atoms with Crippen molar-refractivity contribution in [3.8, 4) is 36.4 Å². The summed E-state index contributed by atoms with van der Waals surface area (Å²) in [6.07, 6.45) is 22.1. The third-order valence-electron chi connectivity index (χ3n) is 13.3. The molecule has 0 aromatic heterocycles. The van der Waals surface area contributed by atoms with Gasteiger partial charge in [0.05, 0.1) is 122 Å². The fourth-order valence-electron chi connectivity index (χ4n) is 8.37. The van der Waals surface area contributed by atoms with Crippen LogP contribution in [0.1, 0.15) is 192 Å². The van der Waals surface area contributed by atoms with Crippen LogP contribution >= 0.6 is 0 Å². The quantitative estimate of drug-likeness (QED) is 0.0418. The number of unbranched alkanes of at least 4 members (excludes halogenated alkanes) is 8. The number of nitriles is 6. The largest absolute Gasteiger partial charge is 2.00 e. The zero-order valence-electron chi connectivity index (χ0n) is 69.6. The maximum Gasteiger partial charge on any atom is 1.00 e. The molecule has 0 N–H and O–H groups in total. The molecule has 40 nitrogen and oxygen atoms in total. The van der Waals surface area contributed by atoms with Gasteiger partial charge in [-0.25, -0.2) is 0 Å². The van der Waals surface area contributed by atoms with E-state index in [1.807, 2.05) is 146 Å². The minimum atomic E-state index is 0. The number of hydrogen-bond acceptors (Lipinski definition) is 6. The molecule has 772 valence electrons. The van der Waals surface area contributed by atoms with E-state index in [2.05, 4.69) is 55.4 Å². The molecule has 0 aliphatic carbocycles. The SMILES string of the molecule is CCCC[N+](CCCC)(CCCC)CCCC.CCCC[N+](CCCC)(CCCC)CCCC.N#Cc1ccccc1.N#Cc1ccccc1.N#Cc1ccccc1.N#Cc1ccccc1.N#Cc1ccccc1.N#Cc1ccccc1.[Ag+].[Ag+].[O-2].[O-2].[O-2].[O-2].[O-2].[O-2].[O-2].[O-2].[O-2].[O-2].[O-2].[O-2].[O-2].[O-2].[O-2].[O-2].[O-2].[O-2].[O-2].[O-2].[O-2].[O-2].[O-2].[O-2].[O-2].[O-2].[O-2].[O-2].[O-2].[O-2].[O-2].[O-2].[W].[W].[W].[W].[W].[W].[W].[W].[W].[W]. The molecule has 0 bridgehead atoms. The van der Waals surface area contributed by atoms with Crippen molar-refractivity contribution in [1.29, 1.82) is 31.6 Å². The van der Waals surface area contributed by atoms with Crippen molar-refractivity contribution in [3.05, 3.63) is 215 Å². The Morgan fingerprint density at radius 1 is 0.159 bits per heavy atom. The Labute approximate surface area is 922 Å². The fourth-order valence-corrected chi connectivity index (χ4v) is 8.37. The summed E-state index contributed by atoms with van der Waals surface area (Å²) in [7, 11) is 0. The average Bonchev–Trinajstić information content (AvgIpc) is 0.878. The molecule has 0 aliphatic heterocycles. The Bertz CT molecular complexity index is 2250. The summed E-state index contributed by atoms with van der Waals surface area (Å²) < 4.78 is 2.84. The predicted molar refractivity (Wildman–Crippen MR) is 368 cm³/mol. The average molecular weight is 3670 g/mol. The van der Waals surface area contributed by atoms with Gasteiger partial charge in [0.1, 0.15) is 0 Å². The first-order chi connectivity index (χ1) is 40.1. The monoisotopic (exact) mass is 3670 g/mol. The molecular weight excluding hydrogens is 3570 g/mol. The van der Waals surface area contributed by atoms with E-state index in [1.165, 1.54) is 164 Å². The van der Waals surface area contributed by atoms with Crippen molar-refractivity contribution in [2.75, 3.05) is 52.4 Å². The van der Waals surface area contributed by atoms with Gasteiger partial charge in [-0.1, -0.05) is 216 Å². The summed E-state index contributed by atoms with van der Waals surface area (Å²) in [4.78, 5) is 0. The van der Waals surface area contributed by atoms with E-state index in [4.69, 9.17) is 31.6 Å².